The van der Waals surface area contributed by atoms with E-state index >= 15 is 0 Å². The Morgan fingerprint density at radius 3 is 2.33 bits per heavy atom. The highest BCUT2D eigenvalue weighted by molar-refractivity contribution is 5.21. The van der Waals surface area contributed by atoms with Crippen LogP contribution in [0.1, 0.15) is 58.6 Å². The lowest BCUT2D eigenvalue weighted by Crippen LogP contribution is -2.32. The molecule has 0 aliphatic heterocycles. The van der Waals surface area contributed by atoms with Crippen LogP contribution in [-0.2, 0) is 0 Å². The fraction of sp³-hybridized carbons (Fsp3) is 0.625. The van der Waals surface area contributed by atoms with E-state index in [0.717, 1.165) is 18.4 Å². The van der Waals surface area contributed by atoms with E-state index in [0.29, 0.717) is 12.0 Å². The zero-order valence-corrected chi connectivity index (χ0v) is 12.0. The van der Waals surface area contributed by atoms with Gasteiger partial charge in [-0.3, -0.25) is 0 Å². The van der Waals surface area contributed by atoms with Crippen molar-refractivity contribution in [3.8, 4) is 0 Å². The van der Waals surface area contributed by atoms with Crippen molar-refractivity contribution in [1.29, 1.82) is 0 Å². The standard InChI is InChI=1S/C16H26FN/c1-5-12(3)11-13(4)18-16(6-2)14-9-7-8-10-15(14)17/h7-10,12-13,16,18H,5-6,11H2,1-4H3. The Labute approximate surface area is 111 Å². The molecule has 0 aliphatic carbocycles. The minimum Gasteiger partial charge on any atom is -0.307 e. The lowest BCUT2D eigenvalue weighted by molar-refractivity contribution is 0.365. The first-order chi connectivity index (χ1) is 8.58. The van der Waals surface area contributed by atoms with E-state index in [1.165, 1.54) is 6.42 Å². The first-order valence-corrected chi connectivity index (χ1v) is 7.08. The Balaban J connectivity index is 2.65. The monoisotopic (exact) mass is 251 g/mol. The van der Waals surface area contributed by atoms with Crippen molar-refractivity contribution < 1.29 is 4.39 Å². The summed E-state index contributed by atoms with van der Waals surface area (Å²) in [5.41, 5.74) is 0.788. The van der Waals surface area contributed by atoms with E-state index < -0.39 is 0 Å². The number of nitrogens with one attached hydrogen (secondary N) is 1. The number of hydrogen-bond acceptors (Lipinski definition) is 1. The van der Waals surface area contributed by atoms with Gasteiger partial charge in [0.1, 0.15) is 5.82 Å². The first-order valence-electron chi connectivity index (χ1n) is 7.08. The first kappa shape index (κ1) is 15.2. The van der Waals surface area contributed by atoms with Crippen LogP contribution in [-0.4, -0.2) is 6.04 Å². The van der Waals surface area contributed by atoms with E-state index in [1.807, 2.05) is 12.1 Å². The highest BCUT2D eigenvalue weighted by Gasteiger charge is 2.16. The molecule has 1 aromatic carbocycles. The summed E-state index contributed by atoms with van der Waals surface area (Å²) in [7, 11) is 0. The molecule has 0 heterocycles. The molecule has 0 aliphatic rings. The van der Waals surface area contributed by atoms with Crippen LogP contribution in [0, 0.1) is 11.7 Å². The zero-order chi connectivity index (χ0) is 13.5. The van der Waals surface area contributed by atoms with Gasteiger partial charge in [0.15, 0.2) is 0 Å². The largest absolute Gasteiger partial charge is 0.307 e. The molecule has 0 fully saturated rings. The summed E-state index contributed by atoms with van der Waals surface area (Å²) < 4.78 is 13.8. The summed E-state index contributed by atoms with van der Waals surface area (Å²) in [4.78, 5) is 0. The van der Waals surface area contributed by atoms with Gasteiger partial charge in [-0.25, -0.2) is 4.39 Å². The SMILES string of the molecule is CCC(C)CC(C)NC(CC)c1ccccc1F. The topological polar surface area (TPSA) is 12.0 Å². The molecule has 3 unspecified atom stereocenters. The fourth-order valence-electron chi connectivity index (χ4n) is 2.37. The molecule has 3 atom stereocenters. The Morgan fingerprint density at radius 1 is 1.11 bits per heavy atom. The van der Waals surface area contributed by atoms with Gasteiger partial charge in [0.2, 0.25) is 0 Å². The number of halogens is 1. The van der Waals surface area contributed by atoms with Crippen LogP contribution in [0.15, 0.2) is 24.3 Å². The Hall–Kier alpha value is -0.890. The molecule has 1 aromatic rings. The number of hydrogen-bond donors (Lipinski definition) is 1. The Morgan fingerprint density at radius 2 is 1.78 bits per heavy atom. The van der Waals surface area contributed by atoms with Crippen LogP contribution in [0.25, 0.3) is 0 Å². The van der Waals surface area contributed by atoms with Crippen LogP contribution in [0.3, 0.4) is 0 Å². The molecule has 102 valence electrons. The van der Waals surface area contributed by atoms with Crippen LogP contribution in [0.4, 0.5) is 4.39 Å². The van der Waals surface area contributed by atoms with Gasteiger partial charge in [-0.2, -0.15) is 0 Å². The highest BCUT2D eigenvalue weighted by Crippen LogP contribution is 2.21. The van der Waals surface area contributed by atoms with Crippen LogP contribution in [0.2, 0.25) is 0 Å². The molecule has 0 aromatic heterocycles. The maximum absolute atomic E-state index is 13.8. The van der Waals surface area contributed by atoms with Gasteiger partial charge in [-0.1, -0.05) is 45.4 Å². The molecule has 1 nitrogen and oxygen atoms in total. The van der Waals surface area contributed by atoms with E-state index in [-0.39, 0.29) is 11.9 Å². The van der Waals surface area contributed by atoms with Crippen LogP contribution in [0.5, 0.6) is 0 Å². The molecule has 1 rings (SSSR count). The van der Waals surface area contributed by atoms with Gasteiger partial charge in [-0.15, -0.1) is 0 Å². The third-order valence-electron chi connectivity index (χ3n) is 3.63. The van der Waals surface area contributed by atoms with Gasteiger partial charge in [0.05, 0.1) is 0 Å². The molecule has 0 spiro atoms. The molecule has 0 saturated carbocycles. The molecular weight excluding hydrogens is 225 g/mol. The van der Waals surface area contributed by atoms with E-state index in [1.54, 1.807) is 12.1 Å². The molecule has 2 heteroatoms. The van der Waals surface area contributed by atoms with Crippen molar-refractivity contribution in [2.24, 2.45) is 5.92 Å². The molecule has 18 heavy (non-hydrogen) atoms. The van der Waals surface area contributed by atoms with E-state index in [4.69, 9.17) is 0 Å². The van der Waals surface area contributed by atoms with E-state index in [2.05, 4.69) is 33.0 Å². The zero-order valence-electron chi connectivity index (χ0n) is 12.0. The predicted octanol–water partition coefficient (Wildman–Crippen LogP) is 4.69. The van der Waals surface area contributed by atoms with Gasteiger partial charge in [0.25, 0.3) is 0 Å². The quantitative estimate of drug-likeness (QED) is 0.741. The van der Waals surface area contributed by atoms with Gasteiger partial charge < -0.3 is 5.32 Å². The number of rotatable bonds is 7. The van der Waals surface area contributed by atoms with Crippen LogP contribution >= 0.6 is 0 Å². The molecule has 0 bridgehead atoms. The minimum atomic E-state index is -0.104. The molecular formula is C16H26FN. The molecule has 1 N–H and O–H groups in total. The molecule has 0 amide bonds. The average Bonchev–Trinajstić information content (AvgIpc) is 2.36. The smallest absolute Gasteiger partial charge is 0.127 e. The molecule has 0 saturated heterocycles. The van der Waals surface area contributed by atoms with Crippen molar-refractivity contribution >= 4 is 0 Å². The summed E-state index contributed by atoms with van der Waals surface area (Å²) in [5.74, 6) is 0.609. The lowest BCUT2D eigenvalue weighted by atomic mass is 9.97. The summed E-state index contributed by atoms with van der Waals surface area (Å²) in [6.07, 6.45) is 3.25. The third-order valence-corrected chi connectivity index (χ3v) is 3.63. The van der Waals surface area contributed by atoms with Crippen molar-refractivity contribution in [3.05, 3.63) is 35.6 Å². The summed E-state index contributed by atoms with van der Waals surface area (Å²) in [6, 6.07) is 7.61. The van der Waals surface area contributed by atoms with Gasteiger partial charge >= 0.3 is 0 Å². The Bertz CT molecular complexity index is 351. The van der Waals surface area contributed by atoms with Crippen molar-refractivity contribution in [2.45, 2.75) is 59.0 Å². The maximum atomic E-state index is 13.8. The normalized spacial score (nSPS) is 16.3. The second-order valence-electron chi connectivity index (χ2n) is 5.30. The third kappa shape index (κ3) is 4.41. The molecule has 0 radical (unpaired) electrons. The second kappa shape index (κ2) is 7.52. The van der Waals surface area contributed by atoms with Crippen molar-refractivity contribution in [3.63, 3.8) is 0 Å². The number of benzene rings is 1. The highest BCUT2D eigenvalue weighted by atomic mass is 19.1. The predicted molar refractivity (Wildman–Crippen MR) is 76.1 cm³/mol. The fourth-order valence-corrected chi connectivity index (χ4v) is 2.37. The van der Waals surface area contributed by atoms with E-state index in [9.17, 15) is 4.39 Å². The van der Waals surface area contributed by atoms with Crippen LogP contribution < -0.4 is 5.32 Å². The van der Waals surface area contributed by atoms with Crippen molar-refractivity contribution in [2.75, 3.05) is 0 Å². The van der Waals surface area contributed by atoms with Gasteiger partial charge in [-0.05, 0) is 31.7 Å². The maximum Gasteiger partial charge on any atom is 0.127 e. The van der Waals surface area contributed by atoms with Gasteiger partial charge in [0, 0.05) is 17.6 Å². The second-order valence-corrected chi connectivity index (χ2v) is 5.30. The van der Waals surface area contributed by atoms with Crippen molar-refractivity contribution in [1.82, 2.24) is 5.32 Å². The summed E-state index contributed by atoms with van der Waals surface area (Å²) >= 11 is 0. The summed E-state index contributed by atoms with van der Waals surface area (Å²) in [5, 5.41) is 3.55. The lowest BCUT2D eigenvalue weighted by Gasteiger charge is -2.24. The minimum absolute atomic E-state index is 0.104. The average molecular weight is 251 g/mol. The summed E-state index contributed by atoms with van der Waals surface area (Å²) in [6.45, 7) is 8.77. The Kier molecular flexibility index (Phi) is 6.34.